The maximum Gasteiger partial charge on any atom is 0.0481 e. The van der Waals surface area contributed by atoms with Crippen molar-refractivity contribution < 1.29 is 0 Å². The number of hydrogen-bond acceptors (Lipinski definition) is 2. The lowest BCUT2D eigenvalue weighted by molar-refractivity contribution is 0.0716. The number of hydrogen-bond donors (Lipinski definition) is 1. The molecule has 0 aromatic heterocycles. The van der Waals surface area contributed by atoms with Crippen LogP contribution in [0.1, 0.15) is 67.1 Å². The van der Waals surface area contributed by atoms with Crippen LogP contribution >= 0.6 is 0 Å². The smallest absolute Gasteiger partial charge is 0.0481 e. The second kappa shape index (κ2) is 8.00. The molecule has 3 rings (SSSR count). The molecule has 2 aromatic carbocycles. The van der Waals surface area contributed by atoms with Crippen molar-refractivity contribution in [3.63, 3.8) is 0 Å². The topological polar surface area (TPSA) is 15.3 Å². The van der Waals surface area contributed by atoms with Gasteiger partial charge in [-0.1, -0.05) is 61.4 Å². The number of benzene rings is 2. The van der Waals surface area contributed by atoms with Gasteiger partial charge in [-0.25, -0.2) is 0 Å². The molecule has 1 N–H and O–H groups in total. The molecule has 2 nitrogen and oxygen atoms in total. The Balaban J connectivity index is 1.96. The average Bonchev–Trinajstić information content (AvgIpc) is 3.01. The monoisotopic (exact) mass is 378 g/mol. The second-order valence-corrected chi connectivity index (χ2v) is 9.44. The number of aryl methyl sites for hydroxylation is 4. The summed E-state index contributed by atoms with van der Waals surface area (Å²) >= 11 is 0. The first-order chi connectivity index (χ1) is 13.1. The van der Waals surface area contributed by atoms with Crippen LogP contribution in [0.4, 0.5) is 0 Å². The van der Waals surface area contributed by atoms with E-state index in [0.717, 1.165) is 13.0 Å². The van der Waals surface area contributed by atoms with E-state index in [0.29, 0.717) is 18.0 Å². The molecule has 0 radical (unpaired) electrons. The van der Waals surface area contributed by atoms with Gasteiger partial charge in [-0.2, -0.15) is 0 Å². The second-order valence-electron chi connectivity index (χ2n) is 9.44. The molecular formula is C26H38N2. The Labute approximate surface area is 172 Å². The Morgan fingerprint density at radius 3 is 2.29 bits per heavy atom. The van der Waals surface area contributed by atoms with Crippen molar-refractivity contribution in [2.75, 3.05) is 13.6 Å². The third kappa shape index (κ3) is 3.90. The summed E-state index contributed by atoms with van der Waals surface area (Å²) in [6.45, 7) is 17.1. The van der Waals surface area contributed by atoms with E-state index < -0.39 is 0 Å². The quantitative estimate of drug-likeness (QED) is 0.719. The SMILES string of the molecule is CCc1cc(C(C)(C)N(C)[C@H]2C(C)CN[C@H]2c2cc(C)cc(C)c2)ccc1C. The van der Waals surface area contributed by atoms with Gasteiger partial charge < -0.3 is 5.32 Å². The summed E-state index contributed by atoms with van der Waals surface area (Å²) in [6, 6.07) is 14.9. The summed E-state index contributed by atoms with van der Waals surface area (Å²) in [5.41, 5.74) is 8.37. The first-order valence-electron chi connectivity index (χ1n) is 10.8. The van der Waals surface area contributed by atoms with E-state index in [-0.39, 0.29) is 5.54 Å². The molecule has 2 heteroatoms. The van der Waals surface area contributed by atoms with Crippen molar-refractivity contribution in [3.8, 4) is 0 Å². The molecular weight excluding hydrogens is 340 g/mol. The van der Waals surface area contributed by atoms with Crippen LogP contribution in [0.25, 0.3) is 0 Å². The normalized spacial score (nSPS) is 22.8. The molecule has 1 heterocycles. The van der Waals surface area contributed by atoms with E-state index in [1.807, 2.05) is 0 Å². The van der Waals surface area contributed by atoms with Crippen LogP contribution in [0.5, 0.6) is 0 Å². The van der Waals surface area contributed by atoms with Crippen LogP contribution in [0.15, 0.2) is 36.4 Å². The predicted octanol–water partition coefficient (Wildman–Crippen LogP) is 5.69. The summed E-state index contributed by atoms with van der Waals surface area (Å²) in [5.74, 6) is 0.603. The largest absolute Gasteiger partial charge is 0.308 e. The molecule has 0 saturated carbocycles. The van der Waals surface area contributed by atoms with Crippen LogP contribution < -0.4 is 5.32 Å². The van der Waals surface area contributed by atoms with E-state index in [1.54, 1.807) is 0 Å². The Bertz CT molecular complexity index is 816. The first-order valence-corrected chi connectivity index (χ1v) is 10.8. The van der Waals surface area contributed by atoms with Crippen molar-refractivity contribution in [2.24, 2.45) is 5.92 Å². The van der Waals surface area contributed by atoms with Crippen molar-refractivity contribution in [1.29, 1.82) is 0 Å². The molecule has 3 atom stereocenters. The standard InChI is InChI=1S/C26H38N2/c1-9-21-15-23(11-10-19(21)4)26(6,7)28(8)25-20(5)16-27-24(25)22-13-17(2)12-18(3)14-22/h10-15,20,24-25,27H,9,16H2,1-8H3/t20?,24-,25-/m0/s1. The lowest BCUT2D eigenvalue weighted by Gasteiger charge is -2.44. The molecule has 0 amide bonds. The van der Waals surface area contributed by atoms with Gasteiger partial charge >= 0.3 is 0 Å². The summed E-state index contributed by atoms with van der Waals surface area (Å²) in [4.78, 5) is 2.62. The highest BCUT2D eigenvalue weighted by molar-refractivity contribution is 5.36. The molecule has 0 bridgehead atoms. The number of rotatable bonds is 5. The highest BCUT2D eigenvalue weighted by Crippen LogP contribution is 2.39. The minimum Gasteiger partial charge on any atom is -0.308 e. The van der Waals surface area contributed by atoms with Crippen molar-refractivity contribution in [1.82, 2.24) is 10.2 Å². The van der Waals surface area contributed by atoms with Gasteiger partial charge in [-0.15, -0.1) is 0 Å². The summed E-state index contributed by atoms with van der Waals surface area (Å²) in [5, 5.41) is 3.82. The zero-order valence-electron chi connectivity index (χ0n) is 19.1. The van der Waals surface area contributed by atoms with Gasteiger partial charge in [0.2, 0.25) is 0 Å². The van der Waals surface area contributed by atoms with Crippen LogP contribution in [-0.2, 0) is 12.0 Å². The van der Waals surface area contributed by atoms with E-state index in [9.17, 15) is 0 Å². The van der Waals surface area contributed by atoms with Gasteiger partial charge in [-0.05, 0) is 82.8 Å². The van der Waals surface area contributed by atoms with Gasteiger partial charge in [-0.3, -0.25) is 4.90 Å². The third-order valence-electron chi connectivity index (χ3n) is 6.95. The lowest BCUT2D eigenvalue weighted by Crippen LogP contribution is -2.49. The molecule has 152 valence electrons. The Morgan fingerprint density at radius 2 is 1.68 bits per heavy atom. The Hall–Kier alpha value is -1.64. The predicted molar refractivity (Wildman–Crippen MR) is 121 cm³/mol. The highest BCUT2D eigenvalue weighted by atomic mass is 15.2. The van der Waals surface area contributed by atoms with Gasteiger partial charge in [0.1, 0.15) is 0 Å². The molecule has 0 aliphatic carbocycles. The maximum absolute atomic E-state index is 3.82. The third-order valence-corrected chi connectivity index (χ3v) is 6.95. The Kier molecular flexibility index (Phi) is 6.03. The lowest BCUT2D eigenvalue weighted by atomic mass is 9.84. The van der Waals surface area contributed by atoms with Crippen molar-refractivity contribution in [3.05, 3.63) is 69.8 Å². The highest BCUT2D eigenvalue weighted by Gasteiger charge is 2.42. The van der Waals surface area contributed by atoms with E-state index in [4.69, 9.17) is 0 Å². The summed E-state index contributed by atoms with van der Waals surface area (Å²) in [7, 11) is 2.31. The summed E-state index contributed by atoms with van der Waals surface area (Å²) < 4.78 is 0. The van der Waals surface area contributed by atoms with Crippen LogP contribution in [0.3, 0.4) is 0 Å². The minimum absolute atomic E-state index is 0.0281. The number of nitrogens with one attached hydrogen (secondary N) is 1. The molecule has 0 spiro atoms. The number of likely N-dealkylation sites (N-methyl/N-ethyl adjacent to an activating group) is 1. The van der Waals surface area contributed by atoms with Gasteiger partial charge in [0.05, 0.1) is 0 Å². The van der Waals surface area contributed by atoms with Gasteiger partial charge in [0.15, 0.2) is 0 Å². The fraction of sp³-hybridized carbons (Fsp3) is 0.538. The number of nitrogens with zero attached hydrogens (tertiary/aromatic N) is 1. The minimum atomic E-state index is -0.0281. The molecule has 1 aliphatic heterocycles. The average molecular weight is 379 g/mol. The Morgan fingerprint density at radius 1 is 1.04 bits per heavy atom. The zero-order valence-corrected chi connectivity index (χ0v) is 19.1. The molecule has 1 unspecified atom stereocenters. The van der Waals surface area contributed by atoms with Crippen LogP contribution in [0, 0.1) is 26.7 Å². The van der Waals surface area contributed by atoms with Crippen LogP contribution in [0.2, 0.25) is 0 Å². The van der Waals surface area contributed by atoms with Crippen molar-refractivity contribution >= 4 is 0 Å². The maximum atomic E-state index is 3.82. The first kappa shape index (κ1) is 21.1. The van der Waals surface area contributed by atoms with Gasteiger partial charge in [0, 0.05) is 17.6 Å². The van der Waals surface area contributed by atoms with Crippen molar-refractivity contribution in [2.45, 2.75) is 72.5 Å². The van der Waals surface area contributed by atoms with E-state index in [1.165, 1.54) is 33.4 Å². The van der Waals surface area contributed by atoms with E-state index in [2.05, 4.69) is 102 Å². The van der Waals surface area contributed by atoms with E-state index >= 15 is 0 Å². The molecule has 2 aromatic rings. The molecule has 1 aliphatic rings. The molecule has 28 heavy (non-hydrogen) atoms. The fourth-order valence-electron chi connectivity index (χ4n) is 5.00. The zero-order chi connectivity index (χ0) is 20.6. The fourth-order valence-corrected chi connectivity index (χ4v) is 5.00. The molecule has 1 fully saturated rings. The van der Waals surface area contributed by atoms with Crippen LogP contribution in [-0.4, -0.2) is 24.5 Å². The molecule has 1 saturated heterocycles. The van der Waals surface area contributed by atoms with Gasteiger partial charge in [0.25, 0.3) is 0 Å². The summed E-state index contributed by atoms with van der Waals surface area (Å²) in [6.07, 6.45) is 1.09.